The average molecular weight is 350 g/mol. The zero-order chi connectivity index (χ0) is 18.2. The van der Waals surface area contributed by atoms with E-state index in [-0.39, 0.29) is 12.4 Å². The van der Waals surface area contributed by atoms with Gasteiger partial charge in [0.1, 0.15) is 12.4 Å². The fourth-order valence-corrected chi connectivity index (χ4v) is 2.77. The smallest absolute Gasteiger partial charge is 0.194 e. The van der Waals surface area contributed by atoms with Crippen molar-refractivity contribution >= 4 is 0 Å². The Bertz CT molecular complexity index is 638. The summed E-state index contributed by atoms with van der Waals surface area (Å²) in [5.74, 6) is -3.00. The van der Waals surface area contributed by atoms with Gasteiger partial charge < -0.3 is 4.74 Å². The second-order valence-corrected chi connectivity index (χ2v) is 6.72. The highest BCUT2D eigenvalue weighted by Gasteiger charge is 2.11. The molecule has 0 atom stereocenters. The quantitative estimate of drug-likeness (QED) is 0.568. The van der Waals surface area contributed by atoms with E-state index in [0.717, 1.165) is 29.2 Å². The number of hydrogen-bond donors (Lipinski definition) is 0. The van der Waals surface area contributed by atoms with E-state index in [1.54, 1.807) is 0 Å². The van der Waals surface area contributed by atoms with Gasteiger partial charge >= 0.3 is 0 Å². The maximum atomic E-state index is 12.9. The van der Waals surface area contributed by atoms with Crippen LogP contribution in [0.15, 0.2) is 36.4 Å². The Balaban J connectivity index is 0.000000269. The number of halogens is 3. The number of hydrogen-bond acceptors (Lipinski definition) is 1. The summed E-state index contributed by atoms with van der Waals surface area (Å²) in [5, 5.41) is 0. The van der Waals surface area contributed by atoms with Crippen molar-refractivity contribution < 1.29 is 17.9 Å². The monoisotopic (exact) mass is 350 g/mol. The molecule has 1 fully saturated rings. The molecule has 3 rings (SSSR count). The Morgan fingerprint density at radius 1 is 0.920 bits per heavy atom. The van der Waals surface area contributed by atoms with E-state index in [1.807, 2.05) is 31.2 Å². The SMILES string of the molecule is CC1CCCCC1.Cc1ccc(COc2cc(F)c(F)c(F)c2)cc1. The molecule has 1 aliphatic rings. The van der Waals surface area contributed by atoms with Crippen molar-refractivity contribution in [3.05, 3.63) is 65.0 Å². The van der Waals surface area contributed by atoms with Crippen LogP contribution in [0.3, 0.4) is 0 Å². The molecule has 2 aromatic carbocycles. The Labute approximate surface area is 147 Å². The van der Waals surface area contributed by atoms with Crippen LogP contribution in [0.5, 0.6) is 5.75 Å². The van der Waals surface area contributed by atoms with E-state index < -0.39 is 17.5 Å². The van der Waals surface area contributed by atoms with Crippen LogP contribution in [0.1, 0.15) is 50.2 Å². The molecule has 136 valence electrons. The molecule has 0 saturated heterocycles. The summed E-state index contributed by atoms with van der Waals surface area (Å²) in [4.78, 5) is 0. The molecular formula is C21H25F3O. The van der Waals surface area contributed by atoms with Gasteiger partial charge in [-0.3, -0.25) is 0 Å². The third kappa shape index (κ3) is 6.45. The summed E-state index contributed by atoms with van der Waals surface area (Å²) < 4.78 is 43.8. The fraction of sp³-hybridized carbons (Fsp3) is 0.429. The van der Waals surface area contributed by atoms with Gasteiger partial charge in [0.2, 0.25) is 0 Å². The van der Waals surface area contributed by atoms with Gasteiger partial charge in [0, 0.05) is 12.1 Å². The molecule has 0 unspecified atom stereocenters. The van der Waals surface area contributed by atoms with Crippen molar-refractivity contribution in [3.8, 4) is 5.75 Å². The minimum absolute atomic E-state index is 0.0352. The lowest BCUT2D eigenvalue weighted by atomic mass is 9.91. The summed E-state index contributed by atoms with van der Waals surface area (Å²) in [6.45, 7) is 4.49. The lowest BCUT2D eigenvalue weighted by Crippen LogP contribution is -1.99. The Morgan fingerprint density at radius 2 is 1.48 bits per heavy atom. The van der Waals surface area contributed by atoms with Gasteiger partial charge in [-0.15, -0.1) is 0 Å². The topological polar surface area (TPSA) is 9.23 Å². The van der Waals surface area contributed by atoms with Crippen LogP contribution in [0, 0.1) is 30.3 Å². The molecule has 25 heavy (non-hydrogen) atoms. The first-order chi connectivity index (χ1) is 12.0. The van der Waals surface area contributed by atoms with E-state index in [9.17, 15) is 13.2 Å². The lowest BCUT2D eigenvalue weighted by molar-refractivity contribution is 0.299. The molecule has 0 radical (unpaired) electrons. The molecule has 4 heteroatoms. The summed E-state index contributed by atoms with van der Waals surface area (Å²) in [6.07, 6.45) is 7.44. The van der Waals surface area contributed by atoms with E-state index in [0.29, 0.717) is 0 Å². The van der Waals surface area contributed by atoms with Gasteiger partial charge in [0.15, 0.2) is 17.5 Å². The molecule has 0 aliphatic heterocycles. The molecule has 0 heterocycles. The molecule has 2 aromatic rings. The first-order valence-corrected chi connectivity index (χ1v) is 8.78. The Hall–Kier alpha value is -1.97. The van der Waals surface area contributed by atoms with E-state index in [1.165, 1.54) is 32.1 Å². The van der Waals surface area contributed by atoms with Crippen LogP contribution >= 0.6 is 0 Å². The van der Waals surface area contributed by atoms with E-state index in [4.69, 9.17) is 4.74 Å². The normalized spacial score (nSPS) is 14.6. The zero-order valence-corrected chi connectivity index (χ0v) is 14.8. The van der Waals surface area contributed by atoms with Crippen LogP contribution < -0.4 is 4.74 Å². The molecular weight excluding hydrogens is 325 g/mol. The van der Waals surface area contributed by atoms with Gasteiger partial charge in [-0.25, -0.2) is 13.2 Å². The van der Waals surface area contributed by atoms with Crippen molar-refractivity contribution in [1.82, 2.24) is 0 Å². The molecule has 0 bridgehead atoms. The highest BCUT2D eigenvalue weighted by Crippen LogP contribution is 2.22. The van der Waals surface area contributed by atoms with Crippen LogP contribution in [0.25, 0.3) is 0 Å². The van der Waals surface area contributed by atoms with Crippen molar-refractivity contribution in [1.29, 1.82) is 0 Å². The Morgan fingerprint density at radius 3 is 1.96 bits per heavy atom. The lowest BCUT2D eigenvalue weighted by Gasteiger charge is -2.15. The molecule has 1 aliphatic carbocycles. The van der Waals surface area contributed by atoms with Crippen molar-refractivity contribution in [2.24, 2.45) is 5.92 Å². The van der Waals surface area contributed by atoms with E-state index >= 15 is 0 Å². The zero-order valence-electron chi connectivity index (χ0n) is 14.8. The molecule has 0 aromatic heterocycles. The summed E-state index contributed by atoms with van der Waals surface area (Å²) in [7, 11) is 0. The highest BCUT2D eigenvalue weighted by atomic mass is 19.2. The van der Waals surface area contributed by atoms with Crippen molar-refractivity contribution in [2.45, 2.75) is 52.6 Å². The third-order valence-corrected chi connectivity index (χ3v) is 4.38. The first kappa shape index (κ1) is 19.4. The molecule has 1 saturated carbocycles. The minimum atomic E-state index is -1.49. The third-order valence-electron chi connectivity index (χ3n) is 4.38. The number of benzene rings is 2. The van der Waals surface area contributed by atoms with Crippen LogP contribution in [0.4, 0.5) is 13.2 Å². The largest absolute Gasteiger partial charge is 0.489 e. The van der Waals surface area contributed by atoms with Crippen LogP contribution in [-0.4, -0.2) is 0 Å². The number of aryl methyl sites for hydroxylation is 1. The molecule has 0 spiro atoms. The Kier molecular flexibility index (Phi) is 7.35. The van der Waals surface area contributed by atoms with Crippen molar-refractivity contribution in [3.63, 3.8) is 0 Å². The summed E-state index contributed by atoms with van der Waals surface area (Å²) in [6, 6.07) is 9.17. The first-order valence-electron chi connectivity index (χ1n) is 8.78. The van der Waals surface area contributed by atoms with Gasteiger partial charge in [-0.1, -0.05) is 68.9 Å². The highest BCUT2D eigenvalue weighted by molar-refractivity contribution is 5.26. The van der Waals surface area contributed by atoms with Crippen LogP contribution in [-0.2, 0) is 6.61 Å². The number of ether oxygens (including phenoxy) is 1. The fourth-order valence-electron chi connectivity index (χ4n) is 2.77. The van der Waals surface area contributed by atoms with Gasteiger partial charge in [-0.05, 0) is 18.4 Å². The molecule has 0 N–H and O–H groups in total. The summed E-state index contributed by atoms with van der Waals surface area (Å²) >= 11 is 0. The molecule has 1 nitrogen and oxygen atoms in total. The standard InChI is InChI=1S/C14H11F3O.C7H14/c1-9-2-4-10(5-3-9)8-18-11-6-12(15)14(17)13(16)7-11;1-7-5-3-2-4-6-7/h2-7H,8H2,1H3;7H,2-6H2,1H3. The second kappa shape index (κ2) is 9.50. The maximum absolute atomic E-state index is 12.9. The van der Waals surface area contributed by atoms with E-state index in [2.05, 4.69) is 6.92 Å². The predicted octanol–water partition coefficient (Wildman–Crippen LogP) is 6.58. The van der Waals surface area contributed by atoms with Crippen LogP contribution in [0.2, 0.25) is 0 Å². The summed E-state index contributed by atoms with van der Waals surface area (Å²) in [5.41, 5.74) is 1.98. The number of rotatable bonds is 3. The van der Waals surface area contributed by atoms with Crippen molar-refractivity contribution in [2.75, 3.05) is 0 Å². The van der Waals surface area contributed by atoms with Gasteiger partial charge in [0.25, 0.3) is 0 Å². The maximum Gasteiger partial charge on any atom is 0.194 e. The molecule has 0 amide bonds. The predicted molar refractivity (Wildman–Crippen MR) is 94.1 cm³/mol. The minimum Gasteiger partial charge on any atom is -0.489 e. The van der Waals surface area contributed by atoms with Gasteiger partial charge in [-0.2, -0.15) is 0 Å². The average Bonchev–Trinajstić information content (AvgIpc) is 2.60. The van der Waals surface area contributed by atoms with Gasteiger partial charge in [0.05, 0.1) is 0 Å². The second-order valence-electron chi connectivity index (χ2n) is 6.72.